The highest BCUT2D eigenvalue weighted by molar-refractivity contribution is 8.00. The fourth-order valence-electron chi connectivity index (χ4n) is 9.61. The predicted octanol–water partition coefficient (Wildman–Crippen LogP) is 3.96. The molecule has 0 aromatic heterocycles. The Morgan fingerprint density at radius 3 is 1.31 bits per heavy atom. The predicted molar refractivity (Wildman–Crippen MR) is 282 cm³/mol. The molecule has 10 atom stereocenters. The number of hydrogen-bond donors (Lipinski definition) is 6. The van der Waals surface area contributed by atoms with Crippen LogP contribution in [0.3, 0.4) is 0 Å². The number of ether oxygens (including phenoxy) is 3. The summed E-state index contributed by atoms with van der Waals surface area (Å²) in [5, 5.41) is 17.7. The second-order valence-electron chi connectivity index (χ2n) is 19.8. The Labute approximate surface area is 440 Å². The molecule has 4 heterocycles. The highest BCUT2D eigenvalue weighted by Gasteiger charge is 2.56. The summed E-state index contributed by atoms with van der Waals surface area (Å²) in [6.07, 6.45) is 2.26. The van der Waals surface area contributed by atoms with Gasteiger partial charge in [-0.1, -0.05) is 88.4 Å². The van der Waals surface area contributed by atoms with Gasteiger partial charge in [-0.25, -0.2) is 0 Å². The van der Waals surface area contributed by atoms with Crippen molar-refractivity contribution in [3.05, 3.63) is 71.8 Å². The van der Waals surface area contributed by atoms with Crippen molar-refractivity contribution < 1.29 is 43.0 Å². The smallest absolute Gasteiger partial charge is 0.246 e. The molecule has 0 saturated carbocycles. The molecule has 6 rings (SSSR count). The summed E-state index contributed by atoms with van der Waals surface area (Å²) >= 11 is 3.30. The SMILES string of the molecule is CN[C@@H](C)C(=O)N[C@H]1CCS[C@H]2CC(C)(C)[C@@H](C(=O)N[C@H](COCCOCCOC[C@@H](NC(=O)[C@H]3N4C(=O)[C@@H](NC(=O)[C@H](C)NC)CCS[C@H]4CC3(C)C)c3ccccc3)c3ccccc3)N2C1=O.Cl.Cl. The van der Waals surface area contributed by atoms with Gasteiger partial charge in [0.15, 0.2) is 0 Å². The van der Waals surface area contributed by atoms with Crippen molar-refractivity contribution in [3.63, 3.8) is 0 Å². The number of halogens is 2. The Kier molecular flexibility index (Phi) is 23.3. The Morgan fingerprint density at radius 1 is 0.606 bits per heavy atom. The normalized spacial score (nSPS) is 25.1. The third-order valence-electron chi connectivity index (χ3n) is 13.7. The van der Waals surface area contributed by atoms with Gasteiger partial charge in [0, 0.05) is 0 Å². The molecular formula is C50H76Cl2N8O9S2. The van der Waals surface area contributed by atoms with Crippen LogP contribution in [0.1, 0.15) is 90.4 Å². The topological polar surface area (TPSA) is 209 Å². The van der Waals surface area contributed by atoms with Gasteiger partial charge in [-0.05, 0) is 87.1 Å². The number of rotatable bonds is 22. The molecule has 71 heavy (non-hydrogen) atoms. The van der Waals surface area contributed by atoms with E-state index >= 15 is 0 Å². The summed E-state index contributed by atoms with van der Waals surface area (Å²) in [5.74, 6) is -0.190. The summed E-state index contributed by atoms with van der Waals surface area (Å²) < 4.78 is 18.1. The summed E-state index contributed by atoms with van der Waals surface area (Å²) in [6, 6.07) is 14.3. The van der Waals surface area contributed by atoms with Crippen molar-refractivity contribution in [2.75, 3.05) is 65.2 Å². The van der Waals surface area contributed by atoms with Crippen LogP contribution in [0.25, 0.3) is 0 Å². The number of nitrogens with zero attached hydrogens (tertiary/aromatic N) is 2. The molecule has 396 valence electrons. The molecule has 6 N–H and O–H groups in total. The maximum absolute atomic E-state index is 14.4. The first-order valence-electron chi connectivity index (χ1n) is 24.2. The number of amides is 6. The monoisotopic (exact) mass is 1070 g/mol. The average molecular weight is 1070 g/mol. The number of fused-ring (bicyclic) bond motifs is 2. The van der Waals surface area contributed by atoms with Crippen molar-refractivity contribution >= 4 is 83.8 Å². The van der Waals surface area contributed by atoms with Crippen LogP contribution in [-0.2, 0) is 43.0 Å². The third kappa shape index (κ3) is 15.2. The first-order valence-corrected chi connectivity index (χ1v) is 26.3. The minimum atomic E-state index is -0.753. The van der Waals surface area contributed by atoms with Gasteiger partial charge in [-0.15, -0.1) is 48.3 Å². The molecule has 0 aliphatic carbocycles. The number of carbonyl (C=O) groups excluding carboxylic acids is 6. The van der Waals surface area contributed by atoms with Crippen LogP contribution in [0.2, 0.25) is 0 Å². The van der Waals surface area contributed by atoms with Gasteiger partial charge >= 0.3 is 0 Å². The maximum Gasteiger partial charge on any atom is 0.246 e. The largest absolute Gasteiger partial charge is 0.377 e. The van der Waals surface area contributed by atoms with Crippen molar-refractivity contribution in [2.24, 2.45) is 10.8 Å². The van der Waals surface area contributed by atoms with Gasteiger partial charge in [-0.2, -0.15) is 0 Å². The van der Waals surface area contributed by atoms with E-state index < -0.39 is 59.2 Å². The first-order chi connectivity index (χ1) is 33.0. The van der Waals surface area contributed by atoms with Crippen molar-refractivity contribution in [3.8, 4) is 0 Å². The number of nitrogens with one attached hydrogen (secondary N) is 6. The van der Waals surface area contributed by atoms with Crippen LogP contribution in [0.4, 0.5) is 0 Å². The second-order valence-corrected chi connectivity index (χ2v) is 22.3. The van der Waals surface area contributed by atoms with E-state index in [-0.39, 0.29) is 111 Å². The molecule has 17 nitrogen and oxygen atoms in total. The number of hydrogen-bond acceptors (Lipinski definition) is 13. The van der Waals surface area contributed by atoms with Gasteiger partial charge in [0.1, 0.15) is 24.2 Å². The van der Waals surface area contributed by atoms with Crippen molar-refractivity contribution in [1.82, 2.24) is 41.7 Å². The molecule has 0 unspecified atom stereocenters. The number of thioether (sulfide) groups is 2. The summed E-state index contributed by atoms with van der Waals surface area (Å²) in [5.41, 5.74) is 0.670. The Morgan fingerprint density at radius 2 is 0.958 bits per heavy atom. The van der Waals surface area contributed by atoms with E-state index in [1.165, 1.54) is 0 Å². The summed E-state index contributed by atoms with van der Waals surface area (Å²) in [6.45, 7) is 12.9. The minimum Gasteiger partial charge on any atom is -0.377 e. The van der Waals surface area contributed by atoms with Crippen LogP contribution >= 0.6 is 48.3 Å². The molecule has 4 aliphatic heterocycles. The zero-order chi connectivity index (χ0) is 49.9. The molecule has 6 amide bonds. The molecular weight excluding hydrogens is 992 g/mol. The van der Waals surface area contributed by atoms with Crippen molar-refractivity contribution in [2.45, 2.75) is 126 Å². The summed E-state index contributed by atoms with van der Waals surface area (Å²) in [4.78, 5) is 86.0. The highest BCUT2D eigenvalue weighted by Crippen LogP contribution is 2.48. The zero-order valence-electron chi connectivity index (χ0n) is 42.2. The zero-order valence-corrected chi connectivity index (χ0v) is 45.5. The molecule has 2 aromatic rings. The third-order valence-corrected chi connectivity index (χ3v) is 16.2. The Hall–Kier alpha value is -3.66. The van der Waals surface area contributed by atoms with Crippen LogP contribution in [0, 0.1) is 10.8 Å². The van der Waals surface area contributed by atoms with Crippen LogP contribution in [0.5, 0.6) is 0 Å². The molecule has 21 heteroatoms. The quantitative estimate of drug-likeness (QED) is 0.0925. The Balaban J connectivity index is 0.00000548. The lowest BCUT2D eigenvalue weighted by Crippen LogP contribution is -2.58. The molecule has 0 radical (unpaired) electrons. The lowest BCUT2D eigenvalue weighted by molar-refractivity contribution is -0.144. The van der Waals surface area contributed by atoms with Crippen LogP contribution in [-0.4, -0.2) is 157 Å². The van der Waals surface area contributed by atoms with E-state index in [0.29, 0.717) is 37.2 Å². The lowest BCUT2D eigenvalue weighted by atomic mass is 9.83. The van der Waals surface area contributed by atoms with E-state index in [1.807, 2.05) is 88.4 Å². The van der Waals surface area contributed by atoms with E-state index in [0.717, 1.165) is 11.1 Å². The van der Waals surface area contributed by atoms with Gasteiger partial charge < -0.3 is 55.9 Å². The van der Waals surface area contributed by atoms with Gasteiger partial charge in [-0.3, -0.25) is 28.8 Å². The van der Waals surface area contributed by atoms with Crippen molar-refractivity contribution in [1.29, 1.82) is 0 Å². The Bertz CT molecular complexity index is 1940. The fourth-order valence-corrected chi connectivity index (χ4v) is 12.8. The molecule has 0 spiro atoms. The standard InChI is InChI=1S/C50H74N8O9S2.2ClH/c1-31(51-7)43(59)53-35-19-25-68-39-27-49(3,4)41(57(39)47(35)63)45(61)55-37(33-15-11-9-12-16-33)29-66-23-21-65-22-24-67-30-38(34-17-13-10-14-18-34)56-46(62)42-50(5,6)28-40-58(42)48(64)36(20-26-69-40)54-44(60)32(2)52-8;;/h9-18,31-32,35-42,51-52H,19-30H2,1-8H3,(H,53,59)(H,54,60)(H,55,61)(H,56,62);2*1H/t31-,32-,35-,36-,37+,38+,39-,40-,41+,42+;;/m0../s1. The van der Waals surface area contributed by atoms with Crippen LogP contribution < -0.4 is 31.9 Å². The number of benzene rings is 2. The fraction of sp³-hybridized carbons (Fsp3) is 0.640. The number of likely N-dealkylation sites (N-methyl/N-ethyl adjacent to an activating group) is 2. The second kappa shape index (κ2) is 27.6. The van der Waals surface area contributed by atoms with E-state index in [9.17, 15) is 28.8 Å². The molecule has 4 saturated heterocycles. The molecule has 4 fully saturated rings. The van der Waals surface area contributed by atoms with E-state index in [4.69, 9.17) is 14.2 Å². The lowest BCUT2D eigenvalue weighted by Gasteiger charge is -2.35. The average Bonchev–Trinajstić information content (AvgIpc) is 3.65. The van der Waals surface area contributed by atoms with Gasteiger partial charge in [0.25, 0.3) is 0 Å². The maximum atomic E-state index is 14.4. The molecule has 0 bridgehead atoms. The minimum absolute atomic E-state index is 0. The molecule has 2 aromatic carbocycles. The van der Waals surface area contributed by atoms with Crippen LogP contribution in [0.15, 0.2) is 60.7 Å². The first kappa shape index (κ1) is 59.9. The number of carbonyl (C=O) groups is 6. The molecule has 4 aliphatic rings. The van der Waals surface area contributed by atoms with E-state index in [1.54, 1.807) is 61.3 Å². The summed E-state index contributed by atoms with van der Waals surface area (Å²) in [7, 11) is 3.39. The van der Waals surface area contributed by atoms with E-state index in [2.05, 4.69) is 31.9 Å². The van der Waals surface area contributed by atoms with Gasteiger partial charge in [0.2, 0.25) is 35.4 Å². The highest BCUT2D eigenvalue weighted by atomic mass is 35.5. The van der Waals surface area contributed by atoms with Gasteiger partial charge in [0.05, 0.1) is 74.6 Å².